The average Bonchev–Trinajstić information content (AvgIpc) is 2.80. The van der Waals surface area contributed by atoms with Crippen molar-refractivity contribution in [2.75, 3.05) is 0 Å². The van der Waals surface area contributed by atoms with Crippen molar-refractivity contribution in [1.29, 1.82) is 0 Å². The number of halogens is 1. The molecule has 0 aliphatic rings. The van der Waals surface area contributed by atoms with Gasteiger partial charge in [0, 0.05) is 10.8 Å². The molecule has 0 unspecified atom stereocenters. The summed E-state index contributed by atoms with van der Waals surface area (Å²) in [4.78, 5) is 7.44. The van der Waals surface area contributed by atoms with E-state index in [1.807, 2.05) is 30.3 Å². The van der Waals surface area contributed by atoms with Gasteiger partial charge in [0.1, 0.15) is 16.7 Å². The molecule has 0 radical (unpaired) electrons. The lowest BCUT2D eigenvalue weighted by molar-refractivity contribution is 1.06. The fraction of sp³-hybridized carbons (Fsp3) is 0.214. The number of hydrogen-bond acceptors (Lipinski definition) is 4. The quantitative estimate of drug-likeness (QED) is 0.501. The molecule has 0 saturated carbocycles. The SMILES string of the molecule is CC(C)SC(=S)NN=Cc1nc(-c2ccccc2)[nH]c1Cl. The molecule has 0 aliphatic carbocycles. The summed E-state index contributed by atoms with van der Waals surface area (Å²) in [5, 5.41) is 4.92. The first-order chi connectivity index (χ1) is 10.1. The van der Waals surface area contributed by atoms with E-state index in [9.17, 15) is 0 Å². The smallest absolute Gasteiger partial charge is 0.154 e. The largest absolute Gasteiger partial charge is 0.328 e. The zero-order valence-corrected chi connectivity index (χ0v) is 14.0. The molecule has 1 heterocycles. The lowest BCUT2D eigenvalue weighted by Gasteiger charge is -2.03. The van der Waals surface area contributed by atoms with Gasteiger partial charge < -0.3 is 4.98 Å². The Kier molecular flexibility index (Phi) is 5.78. The first-order valence-corrected chi connectivity index (χ1v) is 8.03. The summed E-state index contributed by atoms with van der Waals surface area (Å²) < 4.78 is 0.621. The van der Waals surface area contributed by atoms with Gasteiger partial charge in [-0.25, -0.2) is 4.98 Å². The second kappa shape index (κ2) is 7.59. The minimum Gasteiger partial charge on any atom is -0.328 e. The maximum absolute atomic E-state index is 6.12. The molecule has 2 aromatic rings. The van der Waals surface area contributed by atoms with Crippen molar-refractivity contribution in [2.24, 2.45) is 5.10 Å². The van der Waals surface area contributed by atoms with Crippen LogP contribution in [0, 0.1) is 0 Å². The normalized spacial score (nSPS) is 11.2. The second-order valence-corrected chi connectivity index (χ2v) is 7.11. The molecule has 2 N–H and O–H groups in total. The van der Waals surface area contributed by atoms with E-state index < -0.39 is 0 Å². The van der Waals surface area contributed by atoms with Crippen LogP contribution in [0.4, 0.5) is 0 Å². The molecule has 2 rings (SSSR count). The molecule has 1 aromatic carbocycles. The highest BCUT2D eigenvalue weighted by molar-refractivity contribution is 8.23. The Morgan fingerprint density at radius 1 is 1.43 bits per heavy atom. The monoisotopic (exact) mass is 338 g/mol. The van der Waals surface area contributed by atoms with Crippen molar-refractivity contribution in [3.8, 4) is 11.4 Å². The fourth-order valence-corrected chi connectivity index (χ4v) is 2.91. The number of nitrogens with one attached hydrogen (secondary N) is 2. The van der Waals surface area contributed by atoms with Gasteiger partial charge in [-0.1, -0.05) is 79.8 Å². The molecule has 0 aliphatic heterocycles. The Balaban J connectivity index is 2.05. The lowest BCUT2D eigenvalue weighted by atomic mass is 10.2. The predicted octanol–water partition coefficient (Wildman–Crippen LogP) is 4.08. The summed E-state index contributed by atoms with van der Waals surface area (Å²) in [6.45, 7) is 4.14. The Hall–Kier alpha value is -1.37. The molecule has 0 fully saturated rings. The highest BCUT2D eigenvalue weighted by Gasteiger charge is 2.08. The van der Waals surface area contributed by atoms with E-state index in [0.717, 1.165) is 5.56 Å². The minimum absolute atomic E-state index is 0.416. The van der Waals surface area contributed by atoms with Crippen molar-refractivity contribution < 1.29 is 0 Å². The number of thioether (sulfide) groups is 1. The zero-order chi connectivity index (χ0) is 15.2. The van der Waals surface area contributed by atoms with Crippen molar-refractivity contribution in [3.63, 3.8) is 0 Å². The third-order valence-electron chi connectivity index (χ3n) is 2.42. The summed E-state index contributed by atoms with van der Waals surface area (Å²) in [5.41, 5.74) is 4.33. The standard InChI is InChI=1S/C14H15ClN4S2/c1-9(2)21-14(20)19-16-8-11-12(15)18-13(17-11)10-6-4-3-5-7-10/h3-9H,1-2H3,(H,17,18)(H,19,20). The zero-order valence-electron chi connectivity index (χ0n) is 11.6. The Morgan fingerprint density at radius 2 is 2.14 bits per heavy atom. The maximum atomic E-state index is 6.12. The number of H-pyrrole nitrogens is 1. The summed E-state index contributed by atoms with van der Waals surface area (Å²) in [7, 11) is 0. The molecule has 7 heteroatoms. The number of hydrogen-bond donors (Lipinski definition) is 2. The highest BCUT2D eigenvalue weighted by Crippen LogP contribution is 2.20. The number of nitrogens with zero attached hydrogens (tertiary/aromatic N) is 2. The van der Waals surface area contributed by atoms with E-state index in [4.69, 9.17) is 23.8 Å². The summed E-state index contributed by atoms with van der Waals surface area (Å²) in [5.74, 6) is 0.709. The molecule has 0 saturated heterocycles. The van der Waals surface area contributed by atoms with Gasteiger partial charge in [0.25, 0.3) is 0 Å². The van der Waals surface area contributed by atoms with Crippen LogP contribution in [-0.4, -0.2) is 25.8 Å². The van der Waals surface area contributed by atoms with Crippen molar-refractivity contribution in [1.82, 2.24) is 15.4 Å². The van der Waals surface area contributed by atoms with Crippen LogP contribution in [-0.2, 0) is 0 Å². The van der Waals surface area contributed by atoms with Crippen LogP contribution in [0.15, 0.2) is 35.4 Å². The van der Waals surface area contributed by atoms with Crippen LogP contribution < -0.4 is 5.43 Å². The van der Waals surface area contributed by atoms with Crippen LogP contribution in [0.25, 0.3) is 11.4 Å². The van der Waals surface area contributed by atoms with Gasteiger partial charge >= 0.3 is 0 Å². The van der Waals surface area contributed by atoms with Crippen LogP contribution in [0.2, 0.25) is 5.15 Å². The summed E-state index contributed by atoms with van der Waals surface area (Å²) >= 11 is 12.8. The van der Waals surface area contributed by atoms with Crippen molar-refractivity contribution >= 4 is 46.1 Å². The molecular formula is C14H15ClN4S2. The number of rotatable bonds is 4. The predicted molar refractivity (Wildman–Crippen MR) is 95.1 cm³/mol. The summed E-state index contributed by atoms with van der Waals surface area (Å²) in [6, 6.07) is 9.77. The average molecular weight is 339 g/mol. The van der Waals surface area contributed by atoms with Gasteiger partial charge in [-0.3, -0.25) is 5.43 Å². The van der Waals surface area contributed by atoms with Gasteiger partial charge in [0.05, 0.1) is 6.21 Å². The number of aromatic nitrogens is 2. The summed E-state index contributed by atoms with van der Waals surface area (Å²) in [6.07, 6.45) is 1.55. The molecule has 0 atom stereocenters. The van der Waals surface area contributed by atoms with Crippen LogP contribution in [0.3, 0.4) is 0 Å². The first-order valence-electron chi connectivity index (χ1n) is 6.37. The topological polar surface area (TPSA) is 53.1 Å². The molecule has 110 valence electrons. The van der Waals surface area contributed by atoms with Crippen LogP contribution in [0.5, 0.6) is 0 Å². The molecular weight excluding hydrogens is 324 g/mol. The third kappa shape index (κ3) is 4.84. The van der Waals surface area contributed by atoms with Gasteiger partial charge in [0.15, 0.2) is 4.32 Å². The van der Waals surface area contributed by atoms with E-state index in [1.165, 1.54) is 0 Å². The number of thiocarbonyl (C=S) groups is 1. The minimum atomic E-state index is 0.416. The molecule has 0 bridgehead atoms. The van der Waals surface area contributed by atoms with Crippen LogP contribution in [0.1, 0.15) is 19.5 Å². The Morgan fingerprint density at radius 3 is 2.81 bits per heavy atom. The Bertz CT molecular complexity index is 638. The highest BCUT2D eigenvalue weighted by atomic mass is 35.5. The number of imidazole rings is 1. The lowest BCUT2D eigenvalue weighted by Crippen LogP contribution is -2.13. The fourth-order valence-electron chi connectivity index (χ4n) is 1.57. The van der Waals surface area contributed by atoms with Gasteiger partial charge in [-0.05, 0) is 0 Å². The van der Waals surface area contributed by atoms with Gasteiger partial charge in [-0.15, -0.1) is 0 Å². The second-order valence-electron chi connectivity index (χ2n) is 4.47. The Labute approximate surface area is 138 Å². The third-order valence-corrected chi connectivity index (χ3v) is 3.86. The number of aromatic amines is 1. The van der Waals surface area contributed by atoms with E-state index in [1.54, 1.807) is 18.0 Å². The maximum Gasteiger partial charge on any atom is 0.154 e. The van der Waals surface area contributed by atoms with Crippen molar-refractivity contribution in [3.05, 3.63) is 41.2 Å². The van der Waals surface area contributed by atoms with Gasteiger partial charge in [0.2, 0.25) is 0 Å². The van der Waals surface area contributed by atoms with E-state index in [2.05, 4.69) is 34.3 Å². The van der Waals surface area contributed by atoms with E-state index >= 15 is 0 Å². The molecule has 0 amide bonds. The molecule has 1 aromatic heterocycles. The molecule has 0 spiro atoms. The van der Waals surface area contributed by atoms with Gasteiger partial charge in [-0.2, -0.15) is 5.10 Å². The molecule has 21 heavy (non-hydrogen) atoms. The number of benzene rings is 1. The van der Waals surface area contributed by atoms with E-state index in [0.29, 0.717) is 26.2 Å². The first kappa shape index (κ1) is 16.0. The molecule has 4 nitrogen and oxygen atoms in total. The number of hydrazone groups is 1. The van der Waals surface area contributed by atoms with Crippen molar-refractivity contribution in [2.45, 2.75) is 19.1 Å². The van der Waals surface area contributed by atoms with E-state index in [-0.39, 0.29) is 0 Å². The van der Waals surface area contributed by atoms with Crippen LogP contribution >= 0.6 is 35.6 Å².